The molecular formula is C8H9BrN2O3. The van der Waals surface area contributed by atoms with Gasteiger partial charge in [-0.2, -0.15) is 0 Å². The molecule has 0 aliphatic heterocycles. The van der Waals surface area contributed by atoms with Crippen LogP contribution in [0.1, 0.15) is 5.56 Å². The molecule has 0 heterocycles. The zero-order valence-corrected chi connectivity index (χ0v) is 8.86. The summed E-state index contributed by atoms with van der Waals surface area (Å²) in [5.41, 5.74) is 0.880. The van der Waals surface area contributed by atoms with Gasteiger partial charge in [-0.15, -0.1) is 0 Å². The van der Waals surface area contributed by atoms with E-state index in [4.69, 9.17) is 5.90 Å². The lowest BCUT2D eigenvalue weighted by atomic mass is 10.1. The molecule has 0 radical (unpaired) electrons. The van der Waals surface area contributed by atoms with Gasteiger partial charge in [0.05, 0.1) is 16.0 Å². The Morgan fingerprint density at radius 3 is 2.86 bits per heavy atom. The van der Waals surface area contributed by atoms with Crippen LogP contribution in [0.4, 0.5) is 5.69 Å². The molecule has 0 saturated heterocycles. The molecule has 1 aromatic carbocycles. The molecule has 0 aliphatic rings. The fourth-order valence-electron chi connectivity index (χ4n) is 1.03. The van der Waals surface area contributed by atoms with E-state index in [0.29, 0.717) is 17.5 Å². The van der Waals surface area contributed by atoms with E-state index in [9.17, 15) is 10.1 Å². The van der Waals surface area contributed by atoms with Crippen LogP contribution in [0.3, 0.4) is 0 Å². The third-order valence-corrected chi connectivity index (χ3v) is 2.39. The molecule has 1 rings (SSSR count). The average molecular weight is 261 g/mol. The molecule has 0 aromatic heterocycles. The number of hydrogen-bond acceptors (Lipinski definition) is 4. The monoisotopic (exact) mass is 260 g/mol. The zero-order chi connectivity index (χ0) is 10.6. The van der Waals surface area contributed by atoms with Crippen LogP contribution < -0.4 is 5.90 Å². The van der Waals surface area contributed by atoms with E-state index >= 15 is 0 Å². The van der Waals surface area contributed by atoms with Crippen LogP contribution >= 0.6 is 15.9 Å². The van der Waals surface area contributed by atoms with Crippen LogP contribution in [0.15, 0.2) is 22.7 Å². The Kier molecular flexibility index (Phi) is 3.99. The van der Waals surface area contributed by atoms with E-state index in [1.807, 2.05) is 0 Å². The maximum atomic E-state index is 10.6. The quantitative estimate of drug-likeness (QED) is 0.662. The molecule has 0 atom stereocenters. The Bertz CT molecular complexity index is 343. The van der Waals surface area contributed by atoms with Crippen LogP contribution in [0, 0.1) is 10.1 Å². The minimum Gasteiger partial charge on any atom is -0.304 e. The largest absolute Gasteiger partial charge is 0.304 e. The first kappa shape index (κ1) is 11.1. The summed E-state index contributed by atoms with van der Waals surface area (Å²) in [5.74, 6) is 4.86. The predicted molar refractivity (Wildman–Crippen MR) is 54.6 cm³/mol. The molecule has 2 N–H and O–H groups in total. The van der Waals surface area contributed by atoms with Gasteiger partial charge in [0, 0.05) is 6.07 Å². The maximum absolute atomic E-state index is 10.6. The first-order chi connectivity index (χ1) is 6.65. The Balaban J connectivity index is 2.89. The van der Waals surface area contributed by atoms with Crippen LogP contribution in [0.5, 0.6) is 0 Å². The van der Waals surface area contributed by atoms with Crippen LogP contribution in [-0.4, -0.2) is 11.5 Å². The topological polar surface area (TPSA) is 78.4 Å². The fourth-order valence-corrected chi connectivity index (χ4v) is 1.42. The van der Waals surface area contributed by atoms with Gasteiger partial charge in [-0.3, -0.25) is 10.1 Å². The Morgan fingerprint density at radius 2 is 2.29 bits per heavy atom. The molecule has 0 aliphatic carbocycles. The smallest absolute Gasteiger partial charge is 0.283 e. The van der Waals surface area contributed by atoms with E-state index in [2.05, 4.69) is 20.8 Å². The molecule has 0 fully saturated rings. The van der Waals surface area contributed by atoms with Gasteiger partial charge in [0.1, 0.15) is 0 Å². The molecule has 6 heteroatoms. The first-order valence-electron chi connectivity index (χ1n) is 3.89. The van der Waals surface area contributed by atoms with E-state index in [1.165, 1.54) is 6.07 Å². The van der Waals surface area contributed by atoms with Crippen molar-refractivity contribution in [3.63, 3.8) is 0 Å². The number of nitrogens with zero attached hydrogens (tertiary/aromatic N) is 1. The minimum atomic E-state index is -0.434. The molecule has 0 saturated carbocycles. The van der Waals surface area contributed by atoms with E-state index < -0.39 is 4.92 Å². The van der Waals surface area contributed by atoms with Gasteiger partial charge in [0.2, 0.25) is 0 Å². The lowest BCUT2D eigenvalue weighted by molar-refractivity contribution is -0.385. The number of rotatable bonds is 4. The standard InChI is InChI=1S/C8H9BrN2O3/c9-7-2-1-6(3-4-14-10)5-8(7)11(12)13/h1-2,5H,3-4,10H2. The highest BCUT2D eigenvalue weighted by molar-refractivity contribution is 9.10. The molecule has 14 heavy (non-hydrogen) atoms. The predicted octanol–water partition coefficient (Wildman–Crippen LogP) is 1.79. The lowest BCUT2D eigenvalue weighted by Gasteiger charge is -2.01. The van der Waals surface area contributed by atoms with Crippen molar-refractivity contribution in [3.8, 4) is 0 Å². The highest BCUT2D eigenvalue weighted by Crippen LogP contribution is 2.25. The molecule has 5 nitrogen and oxygen atoms in total. The third kappa shape index (κ3) is 2.76. The summed E-state index contributed by atoms with van der Waals surface area (Å²) >= 11 is 3.10. The number of hydrogen-bond donors (Lipinski definition) is 1. The molecule has 0 spiro atoms. The number of nitro benzene ring substituents is 1. The van der Waals surface area contributed by atoms with Gasteiger partial charge in [-0.25, -0.2) is 5.90 Å². The fraction of sp³-hybridized carbons (Fsp3) is 0.250. The van der Waals surface area contributed by atoms with Crippen LogP contribution in [0.25, 0.3) is 0 Å². The van der Waals surface area contributed by atoms with Crippen LogP contribution in [0.2, 0.25) is 0 Å². The molecule has 1 aromatic rings. The normalized spacial score (nSPS) is 10.1. The summed E-state index contributed by atoms with van der Waals surface area (Å²) in [6.45, 7) is 0.346. The van der Waals surface area contributed by atoms with E-state index in [0.717, 1.165) is 5.56 Å². The van der Waals surface area contributed by atoms with Crippen molar-refractivity contribution in [1.29, 1.82) is 0 Å². The molecule has 76 valence electrons. The number of benzene rings is 1. The molecule has 0 bridgehead atoms. The van der Waals surface area contributed by atoms with Crippen LogP contribution in [-0.2, 0) is 11.3 Å². The minimum absolute atomic E-state index is 0.0551. The van der Waals surface area contributed by atoms with Crippen molar-refractivity contribution in [2.24, 2.45) is 5.90 Å². The number of nitrogens with two attached hydrogens (primary N) is 1. The summed E-state index contributed by atoms with van der Waals surface area (Å²) in [6, 6.07) is 4.93. The van der Waals surface area contributed by atoms with Crippen molar-refractivity contribution in [2.75, 3.05) is 6.61 Å². The number of nitro groups is 1. The highest BCUT2D eigenvalue weighted by Gasteiger charge is 2.11. The second kappa shape index (κ2) is 5.04. The Hall–Kier alpha value is -0.980. The SMILES string of the molecule is NOCCc1ccc(Br)c([N+](=O)[O-])c1. The second-order valence-corrected chi connectivity index (χ2v) is 3.52. The first-order valence-corrected chi connectivity index (χ1v) is 4.69. The summed E-state index contributed by atoms with van der Waals surface area (Å²) in [4.78, 5) is 14.5. The zero-order valence-electron chi connectivity index (χ0n) is 7.27. The van der Waals surface area contributed by atoms with Crippen molar-refractivity contribution in [2.45, 2.75) is 6.42 Å². The summed E-state index contributed by atoms with van der Waals surface area (Å²) in [7, 11) is 0. The average Bonchev–Trinajstić information content (AvgIpc) is 2.16. The lowest BCUT2D eigenvalue weighted by Crippen LogP contribution is -2.04. The van der Waals surface area contributed by atoms with Gasteiger partial charge in [-0.05, 0) is 34.0 Å². The highest BCUT2D eigenvalue weighted by atomic mass is 79.9. The summed E-state index contributed by atoms with van der Waals surface area (Å²) in [6.07, 6.45) is 0.560. The Morgan fingerprint density at radius 1 is 1.57 bits per heavy atom. The molecule has 0 amide bonds. The third-order valence-electron chi connectivity index (χ3n) is 1.72. The maximum Gasteiger partial charge on any atom is 0.283 e. The van der Waals surface area contributed by atoms with Gasteiger partial charge < -0.3 is 4.84 Å². The van der Waals surface area contributed by atoms with Crippen molar-refractivity contribution >= 4 is 21.6 Å². The van der Waals surface area contributed by atoms with Gasteiger partial charge >= 0.3 is 0 Å². The summed E-state index contributed by atoms with van der Waals surface area (Å²) in [5, 5.41) is 10.6. The molecular weight excluding hydrogens is 252 g/mol. The van der Waals surface area contributed by atoms with E-state index in [1.54, 1.807) is 12.1 Å². The van der Waals surface area contributed by atoms with Crippen molar-refractivity contribution in [3.05, 3.63) is 38.3 Å². The summed E-state index contributed by atoms with van der Waals surface area (Å²) < 4.78 is 0.472. The Labute approximate surface area is 89.1 Å². The van der Waals surface area contributed by atoms with Gasteiger partial charge in [0.25, 0.3) is 5.69 Å². The molecule has 0 unspecified atom stereocenters. The van der Waals surface area contributed by atoms with Crippen molar-refractivity contribution < 1.29 is 9.76 Å². The number of halogens is 1. The van der Waals surface area contributed by atoms with Crippen molar-refractivity contribution in [1.82, 2.24) is 0 Å². The van der Waals surface area contributed by atoms with E-state index in [-0.39, 0.29) is 5.69 Å². The van der Waals surface area contributed by atoms with Gasteiger partial charge in [0.15, 0.2) is 0 Å². The van der Waals surface area contributed by atoms with Gasteiger partial charge in [-0.1, -0.05) is 6.07 Å². The second-order valence-electron chi connectivity index (χ2n) is 2.66.